The second-order valence-corrected chi connectivity index (χ2v) is 6.19. The van der Waals surface area contributed by atoms with Crippen molar-refractivity contribution in [2.75, 3.05) is 6.61 Å². The number of fused-ring (bicyclic) bond motifs is 4. The van der Waals surface area contributed by atoms with Gasteiger partial charge in [-0.3, -0.25) is 0 Å². The van der Waals surface area contributed by atoms with E-state index >= 15 is 0 Å². The van der Waals surface area contributed by atoms with E-state index in [4.69, 9.17) is 9.47 Å². The molecule has 2 aromatic carbocycles. The molecule has 0 saturated heterocycles. The third-order valence-corrected chi connectivity index (χ3v) is 4.55. The summed E-state index contributed by atoms with van der Waals surface area (Å²) in [6.45, 7) is 7.01. The van der Waals surface area contributed by atoms with E-state index in [-0.39, 0.29) is 6.10 Å². The van der Waals surface area contributed by atoms with Crippen LogP contribution in [0.1, 0.15) is 35.6 Å². The van der Waals surface area contributed by atoms with Gasteiger partial charge in [0.25, 0.3) is 0 Å². The van der Waals surface area contributed by atoms with Crippen LogP contribution < -0.4 is 9.47 Å². The zero-order chi connectivity index (χ0) is 15.3. The highest BCUT2D eigenvalue weighted by Gasteiger charge is 2.33. The van der Waals surface area contributed by atoms with E-state index in [1.165, 1.54) is 33.4 Å². The molecule has 2 nitrogen and oxygen atoms in total. The van der Waals surface area contributed by atoms with Gasteiger partial charge in [-0.15, -0.1) is 0 Å². The number of aryl methyl sites for hydroxylation is 2. The molecule has 1 unspecified atom stereocenters. The van der Waals surface area contributed by atoms with E-state index < -0.39 is 0 Å². The summed E-state index contributed by atoms with van der Waals surface area (Å²) in [5.74, 6) is 1.97. The van der Waals surface area contributed by atoms with E-state index in [2.05, 4.69) is 57.2 Å². The summed E-state index contributed by atoms with van der Waals surface area (Å²) in [6.07, 6.45) is 1.06. The van der Waals surface area contributed by atoms with Gasteiger partial charge in [0.1, 0.15) is 24.2 Å². The third-order valence-electron chi connectivity index (χ3n) is 4.55. The van der Waals surface area contributed by atoms with Crippen LogP contribution in [0.2, 0.25) is 0 Å². The molecule has 0 saturated carbocycles. The van der Waals surface area contributed by atoms with Gasteiger partial charge < -0.3 is 9.47 Å². The first-order valence-electron chi connectivity index (χ1n) is 7.92. The average Bonchev–Trinajstić information content (AvgIpc) is 2.52. The molecule has 0 N–H and O–H groups in total. The molecule has 4 rings (SSSR count). The van der Waals surface area contributed by atoms with Crippen LogP contribution in [0.3, 0.4) is 0 Å². The van der Waals surface area contributed by atoms with Gasteiger partial charge in [-0.25, -0.2) is 0 Å². The van der Waals surface area contributed by atoms with Crippen LogP contribution >= 0.6 is 0 Å². The summed E-state index contributed by atoms with van der Waals surface area (Å²) >= 11 is 0. The maximum absolute atomic E-state index is 6.31. The lowest BCUT2D eigenvalue weighted by molar-refractivity contribution is 0.244. The minimum Gasteiger partial charge on any atom is -0.488 e. The number of benzene rings is 2. The summed E-state index contributed by atoms with van der Waals surface area (Å²) in [5, 5.41) is 0. The Kier molecular flexibility index (Phi) is 3.00. The SMILES string of the molecule is CCC1Oc2cc(C)ccc2C2=C1c1ccc(C)cc1OC2. The fourth-order valence-corrected chi connectivity index (χ4v) is 3.43. The van der Waals surface area contributed by atoms with Crippen molar-refractivity contribution < 1.29 is 9.47 Å². The van der Waals surface area contributed by atoms with Gasteiger partial charge in [0, 0.05) is 22.3 Å². The molecule has 2 aliphatic heterocycles. The van der Waals surface area contributed by atoms with Gasteiger partial charge >= 0.3 is 0 Å². The number of hydrogen-bond donors (Lipinski definition) is 0. The summed E-state index contributed by atoms with van der Waals surface area (Å²) in [4.78, 5) is 0. The first-order chi connectivity index (χ1) is 10.7. The van der Waals surface area contributed by atoms with E-state index in [1.54, 1.807) is 0 Å². The van der Waals surface area contributed by atoms with Crippen molar-refractivity contribution in [3.63, 3.8) is 0 Å². The van der Waals surface area contributed by atoms with Crippen LogP contribution in [-0.4, -0.2) is 12.7 Å². The van der Waals surface area contributed by atoms with Crippen LogP contribution in [0.25, 0.3) is 11.1 Å². The first kappa shape index (κ1) is 13.4. The number of rotatable bonds is 1. The van der Waals surface area contributed by atoms with E-state index in [0.717, 1.165) is 17.9 Å². The molecule has 0 fully saturated rings. The number of hydrogen-bond acceptors (Lipinski definition) is 2. The van der Waals surface area contributed by atoms with Crippen LogP contribution in [-0.2, 0) is 0 Å². The minimum atomic E-state index is 0.106. The molecule has 112 valence electrons. The molecule has 2 heterocycles. The smallest absolute Gasteiger partial charge is 0.128 e. The van der Waals surface area contributed by atoms with Crippen molar-refractivity contribution in [3.05, 3.63) is 58.7 Å². The van der Waals surface area contributed by atoms with Crippen molar-refractivity contribution in [3.8, 4) is 11.5 Å². The Morgan fingerprint density at radius 2 is 1.64 bits per heavy atom. The fraction of sp³-hybridized carbons (Fsp3) is 0.300. The monoisotopic (exact) mass is 292 g/mol. The maximum Gasteiger partial charge on any atom is 0.128 e. The Labute approximate surface area is 131 Å². The van der Waals surface area contributed by atoms with Crippen molar-refractivity contribution in [2.24, 2.45) is 0 Å². The molecule has 0 aliphatic carbocycles. The van der Waals surface area contributed by atoms with Crippen molar-refractivity contribution in [1.82, 2.24) is 0 Å². The standard InChI is InChI=1S/C20H20O2/c1-4-17-20-15-8-6-12(2)9-18(15)21-11-16(20)14-7-5-13(3)10-19(14)22-17/h5-10,17H,4,11H2,1-3H3. The van der Waals surface area contributed by atoms with E-state index in [1.807, 2.05) is 0 Å². The highest BCUT2D eigenvalue weighted by atomic mass is 16.5. The molecular weight excluding hydrogens is 272 g/mol. The fourth-order valence-electron chi connectivity index (χ4n) is 3.43. The molecule has 0 aromatic heterocycles. The van der Waals surface area contributed by atoms with Crippen LogP contribution in [0.5, 0.6) is 11.5 Å². The normalized spacial score (nSPS) is 18.8. The first-order valence-corrected chi connectivity index (χ1v) is 7.92. The van der Waals surface area contributed by atoms with Crippen LogP contribution in [0, 0.1) is 13.8 Å². The van der Waals surface area contributed by atoms with Crippen molar-refractivity contribution in [1.29, 1.82) is 0 Å². The minimum absolute atomic E-state index is 0.106. The highest BCUT2D eigenvalue weighted by Crippen LogP contribution is 2.46. The lowest BCUT2D eigenvalue weighted by atomic mass is 9.85. The number of ether oxygens (including phenoxy) is 2. The summed E-state index contributed by atoms with van der Waals surface area (Å²) in [5.41, 5.74) is 7.40. The Bertz CT molecular complexity index is 786. The van der Waals surface area contributed by atoms with E-state index in [9.17, 15) is 0 Å². The van der Waals surface area contributed by atoms with Gasteiger partial charge in [0.15, 0.2) is 0 Å². The molecule has 2 aliphatic rings. The van der Waals surface area contributed by atoms with Gasteiger partial charge in [-0.05, 0) is 43.5 Å². The topological polar surface area (TPSA) is 18.5 Å². The Hall–Kier alpha value is -2.22. The Balaban J connectivity index is 1.96. The molecule has 0 radical (unpaired) electrons. The molecule has 0 bridgehead atoms. The Morgan fingerprint density at radius 3 is 2.36 bits per heavy atom. The predicted molar refractivity (Wildman–Crippen MR) is 89.4 cm³/mol. The molecule has 0 spiro atoms. The molecule has 1 atom stereocenters. The second kappa shape index (κ2) is 4.91. The molecular formula is C20H20O2. The molecule has 0 amide bonds. The summed E-state index contributed by atoms with van der Waals surface area (Å²) in [6, 6.07) is 12.9. The van der Waals surface area contributed by atoms with E-state index in [0.29, 0.717) is 6.61 Å². The van der Waals surface area contributed by atoms with Gasteiger partial charge in [-0.2, -0.15) is 0 Å². The maximum atomic E-state index is 6.31. The molecule has 22 heavy (non-hydrogen) atoms. The average molecular weight is 292 g/mol. The zero-order valence-electron chi connectivity index (χ0n) is 13.3. The van der Waals surface area contributed by atoms with Crippen LogP contribution in [0.4, 0.5) is 0 Å². The second-order valence-electron chi connectivity index (χ2n) is 6.19. The zero-order valence-corrected chi connectivity index (χ0v) is 13.3. The summed E-state index contributed by atoms with van der Waals surface area (Å²) < 4.78 is 12.3. The summed E-state index contributed by atoms with van der Waals surface area (Å²) in [7, 11) is 0. The highest BCUT2D eigenvalue weighted by molar-refractivity contribution is 5.99. The van der Waals surface area contributed by atoms with Crippen molar-refractivity contribution >= 4 is 11.1 Å². The third kappa shape index (κ3) is 1.94. The Morgan fingerprint density at radius 1 is 0.955 bits per heavy atom. The predicted octanol–water partition coefficient (Wildman–Crippen LogP) is 4.78. The quantitative estimate of drug-likeness (QED) is 0.753. The van der Waals surface area contributed by atoms with Crippen molar-refractivity contribution in [2.45, 2.75) is 33.3 Å². The molecule has 2 aromatic rings. The van der Waals surface area contributed by atoms with Gasteiger partial charge in [0.05, 0.1) is 0 Å². The van der Waals surface area contributed by atoms with Gasteiger partial charge in [-0.1, -0.05) is 31.2 Å². The largest absolute Gasteiger partial charge is 0.488 e. The lowest BCUT2D eigenvalue weighted by Crippen LogP contribution is -2.27. The molecule has 2 heteroatoms. The lowest BCUT2D eigenvalue weighted by Gasteiger charge is -2.35. The van der Waals surface area contributed by atoms with Crippen LogP contribution in [0.15, 0.2) is 36.4 Å². The van der Waals surface area contributed by atoms with Gasteiger partial charge in [0.2, 0.25) is 0 Å².